The molecule has 1 aliphatic rings. The van der Waals surface area contributed by atoms with Gasteiger partial charge >= 0.3 is 6.03 Å². The second-order valence-electron chi connectivity index (χ2n) is 4.93. The molecule has 0 bridgehead atoms. The number of nitrogen functional groups attached to an aromatic ring is 1. The van der Waals surface area contributed by atoms with Gasteiger partial charge in [0.15, 0.2) is 0 Å². The molecule has 0 aliphatic carbocycles. The standard InChI is InChI=1S/C14H13Cl2N5O/c15-10-2-1-9(5-11(10)16)19-14(22)21-4-3-8-6-18-13(17)20-12(8)7-21/h1-2,5-6H,3-4,7H2,(H,19,22)(H2,17,18,20). The first kappa shape index (κ1) is 14.9. The molecule has 3 rings (SSSR count). The van der Waals surface area contributed by atoms with Crippen LogP contribution >= 0.6 is 23.2 Å². The molecule has 0 saturated heterocycles. The number of nitrogens with one attached hydrogen (secondary N) is 1. The molecule has 2 amide bonds. The molecule has 0 radical (unpaired) electrons. The monoisotopic (exact) mass is 337 g/mol. The Kier molecular flexibility index (Phi) is 4.04. The maximum Gasteiger partial charge on any atom is 0.322 e. The SMILES string of the molecule is Nc1ncc2c(n1)CN(C(=O)Nc1ccc(Cl)c(Cl)c1)CC2. The molecule has 0 saturated carbocycles. The number of carbonyl (C=O) groups is 1. The molecule has 0 spiro atoms. The Morgan fingerprint density at radius 3 is 2.91 bits per heavy atom. The summed E-state index contributed by atoms with van der Waals surface area (Å²) in [4.78, 5) is 22.1. The van der Waals surface area contributed by atoms with Crippen molar-refractivity contribution in [1.82, 2.24) is 14.9 Å². The molecule has 1 aliphatic heterocycles. The number of aromatic nitrogens is 2. The highest BCUT2D eigenvalue weighted by Gasteiger charge is 2.22. The summed E-state index contributed by atoms with van der Waals surface area (Å²) < 4.78 is 0. The van der Waals surface area contributed by atoms with Crippen LogP contribution in [-0.2, 0) is 13.0 Å². The molecule has 22 heavy (non-hydrogen) atoms. The number of nitrogens with two attached hydrogens (primary N) is 1. The van der Waals surface area contributed by atoms with E-state index >= 15 is 0 Å². The van der Waals surface area contributed by atoms with E-state index < -0.39 is 0 Å². The Morgan fingerprint density at radius 2 is 2.14 bits per heavy atom. The van der Waals surface area contributed by atoms with Crippen LogP contribution in [0, 0.1) is 0 Å². The van der Waals surface area contributed by atoms with Gasteiger partial charge in [-0.25, -0.2) is 14.8 Å². The minimum Gasteiger partial charge on any atom is -0.368 e. The Bertz CT molecular complexity index is 737. The fraction of sp³-hybridized carbons (Fsp3) is 0.214. The van der Waals surface area contributed by atoms with Gasteiger partial charge in [-0.2, -0.15) is 0 Å². The van der Waals surface area contributed by atoms with Crippen LogP contribution in [0.25, 0.3) is 0 Å². The first-order chi connectivity index (χ1) is 10.5. The molecule has 6 nitrogen and oxygen atoms in total. The summed E-state index contributed by atoms with van der Waals surface area (Å²) in [6.07, 6.45) is 2.41. The van der Waals surface area contributed by atoms with Crippen molar-refractivity contribution in [2.24, 2.45) is 0 Å². The number of halogens is 2. The molecule has 2 heterocycles. The smallest absolute Gasteiger partial charge is 0.322 e. The molecule has 1 aromatic carbocycles. The Hall–Kier alpha value is -2.05. The van der Waals surface area contributed by atoms with Gasteiger partial charge in [-0.05, 0) is 30.2 Å². The Balaban J connectivity index is 1.72. The highest BCUT2D eigenvalue weighted by molar-refractivity contribution is 6.42. The van der Waals surface area contributed by atoms with E-state index in [2.05, 4.69) is 15.3 Å². The quantitative estimate of drug-likeness (QED) is 0.837. The largest absolute Gasteiger partial charge is 0.368 e. The van der Waals surface area contributed by atoms with Gasteiger partial charge in [0.05, 0.1) is 22.3 Å². The van der Waals surface area contributed by atoms with Crippen molar-refractivity contribution in [3.05, 3.63) is 45.7 Å². The molecule has 0 unspecified atom stereocenters. The molecule has 1 aromatic heterocycles. The number of hydrogen-bond acceptors (Lipinski definition) is 4. The second kappa shape index (κ2) is 5.98. The van der Waals surface area contributed by atoms with Gasteiger partial charge in [0.25, 0.3) is 0 Å². The van der Waals surface area contributed by atoms with Crippen LogP contribution in [0.4, 0.5) is 16.4 Å². The van der Waals surface area contributed by atoms with E-state index in [1.54, 1.807) is 29.3 Å². The summed E-state index contributed by atoms with van der Waals surface area (Å²) in [5, 5.41) is 3.63. The number of hydrogen-bond donors (Lipinski definition) is 2. The predicted octanol–water partition coefficient (Wildman–Crippen LogP) is 2.96. The summed E-state index contributed by atoms with van der Waals surface area (Å²) in [5.41, 5.74) is 7.98. The van der Waals surface area contributed by atoms with Gasteiger partial charge in [-0.3, -0.25) is 0 Å². The molecular weight excluding hydrogens is 325 g/mol. The number of rotatable bonds is 1. The Morgan fingerprint density at radius 1 is 1.32 bits per heavy atom. The normalized spacial score (nSPS) is 13.6. The topological polar surface area (TPSA) is 84.1 Å². The van der Waals surface area contributed by atoms with Crippen molar-refractivity contribution < 1.29 is 4.79 Å². The zero-order valence-corrected chi connectivity index (χ0v) is 13.0. The fourth-order valence-corrected chi connectivity index (χ4v) is 2.57. The van der Waals surface area contributed by atoms with Crippen LogP contribution in [0.5, 0.6) is 0 Å². The lowest BCUT2D eigenvalue weighted by molar-refractivity contribution is 0.205. The van der Waals surface area contributed by atoms with Gasteiger partial charge < -0.3 is 16.0 Å². The number of carbonyl (C=O) groups excluding carboxylic acids is 1. The van der Waals surface area contributed by atoms with E-state index in [1.807, 2.05) is 0 Å². The molecule has 0 fully saturated rings. The zero-order valence-electron chi connectivity index (χ0n) is 11.5. The zero-order chi connectivity index (χ0) is 15.7. The Labute approximate surface area is 137 Å². The summed E-state index contributed by atoms with van der Waals surface area (Å²) >= 11 is 11.8. The summed E-state index contributed by atoms with van der Waals surface area (Å²) in [6.45, 7) is 0.989. The van der Waals surface area contributed by atoms with E-state index in [0.717, 1.165) is 11.3 Å². The number of anilines is 2. The number of urea groups is 1. The predicted molar refractivity (Wildman–Crippen MR) is 86.0 cm³/mol. The molecule has 0 atom stereocenters. The van der Waals surface area contributed by atoms with Gasteiger partial charge in [0, 0.05) is 18.4 Å². The maximum atomic E-state index is 12.3. The van der Waals surface area contributed by atoms with Gasteiger partial charge in [0.2, 0.25) is 5.95 Å². The van der Waals surface area contributed by atoms with Gasteiger partial charge in [-0.15, -0.1) is 0 Å². The summed E-state index contributed by atoms with van der Waals surface area (Å²) in [7, 11) is 0. The van der Waals surface area contributed by atoms with Crippen molar-refractivity contribution in [2.75, 3.05) is 17.6 Å². The van der Waals surface area contributed by atoms with Crippen LogP contribution < -0.4 is 11.1 Å². The van der Waals surface area contributed by atoms with Crippen LogP contribution in [0.1, 0.15) is 11.3 Å². The molecular formula is C14H13Cl2N5O. The lowest BCUT2D eigenvalue weighted by Gasteiger charge is -2.28. The van der Waals surface area contributed by atoms with Crippen molar-refractivity contribution in [2.45, 2.75) is 13.0 Å². The minimum atomic E-state index is -0.221. The van der Waals surface area contributed by atoms with E-state index in [-0.39, 0.29) is 12.0 Å². The highest BCUT2D eigenvalue weighted by atomic mass is 35.5. The molecule has 2 aromatic rings. The molecule has 8 heteroatoms. The highest BCUT2D eigenvalue weighted by Crippen LogP contribution is 2.25. The number of amides is 2. The van der Waals surface area contributed by atoms with E-state index in [1.165, 1.54) is 0 Å². The molecule has 114 valence electrons. The first-order valence-electron chi connectivity index (χ1n) is 6.64. The summed E-state index contributed by atoms with van der Waals surface area (Å²) in [5.74, 6) is 0.213. The first-order valence-corrected chi connectivity index (χ1v) is 7.40. The van der Waals surface area contributed by atoms with Crippen LogP contribution in [0.3, 0.4) is 0 Å². The third-order valence-electron chi connectivity index (χ3n) is 3.42. The fourth-order valence-electron chi connectivity index (χ4n) is 2.27. The van der Waals surface area contributed by atoms with Crippen LogP contribution in [-0.4, -0.2) is 27.4 Å². The van der Waals surface area contributed by atoms with E-state index in [0.29, 0.717) is 35.2 Å². The van der Waals surface area contributed by atoms with E-state index in [9.17, 15) is 4.79 Å². The number of nitrogens with zero attached hydrogens (tertiary/aromatic N) is 3. The maximum absolute atomic E-state index is 12.3. The average molecular weight is 338 g/mol. The molecule has 3 N–H and O–H groups in total. The van der Waals surface area contributed by atoms with Crippen molar-refractivity contribution in [3.63, 3.8) is 0 Å². The summed E-state index contributed by atoms with van der Waals surface area (Å²) in [6, 6.07) is 4.73. The van der Waals surface area contributed by atoms with Gasteiger partial charge in [-0.1, -0.05) is 23.2 Å². The third-order valence-corrected chi connectivity index (χ3v) is 4.16. The lowest BCUT2D eigenvalue weighted by Crippen LogP contribution is -2.39. The lowest BCUT2D eigenvalue weighted by atomic mass is 10.1. The van der Waals surface area contributed by atoms with Crippen molar-refractivity contribution in [3.8, 4) is 0 Å². The number of benzene rings is 1. The van der Waals surface area contributed by atoms with Crippen LogP contribution in [0.15, 0.2) is 24.4 Å². The number of fused-ring (bicyclic) bond motifs is 1. The van der Waals surface area contributed by atoms with E-state index in [4.69, 9.17) is 28.9 Å². The average Bonchev–Trinajstić information content (AvgIpc) is 2.50. The van der Waals surface area contributed by atoms with Crippen molar-refractivity contribution in [1.29, 1.82) is 0 Å². The van der Waals surface area contributed by atoms with Crippen molar-refractivity contribution >= 4 is 40.9 Å². The van der Waals surface area contributed by atoms with Gasteiger partial charge in [0.1, 0.15) is 0 Å². The second-order valence-corrected chi connectivity index (χ2v) is 5.75. The van der Waals surface area contributed by atoms with Crippen LogP contribution in [0.2, 0.25) is 10.0 Å². The minimum absolute atomic E-state index is 0.213. The third kappa shape index (κ3) is 3.08.